The summed E-state index contributed by atoms with van der Waals surface area (Å²) in [5, 5.41) is 0. The van der Waals surface area contributed by atoms with E-state index < -0.39 is 0 Å². The zero-order chi connectivity index (χ0) is 13.1. The quantitative estimate of drug-likeness (QED) is 0.323. The van der Waals surface area contributed by atoms with E-state index in [1.165, 1.54) is 64.2 Å². The summed E-state index contributed by atoms with van der Waals surface area (Å²) in [7, 11) is 3.03. The summed E-state index contributed by atoms with van der Waals surface area (Å²) >= 11 is 0. The number of rotatable bonds is 10. The normalized spacial score (nSPS) is 13.9. The molecule has 2 atom stereocenters. The lowest BCUT2D eigenvalue weighted by Gasteiger charge is -2.26. The van der Waals surface area contributed by atoms with Gasteiger partial charge < -0.3 is 0 Å². The van der Waals surface area contributed by atoms with Gasteiger partial charge in [-0.25, -0.2) is 0 Å². The van der Waals surface area contributed by atoms with Gasteiger partial charge in [-0.2, -0.15) is 0 Å². The SMILES string of the molecule is CCCCCCCCCCCC(P)C(C)(C)C. The fraction of sp³-hybridized carbons (Fsp3) is 1.00. The van der Waals surface area contributed by atoms with Gasteiger partial charge >= 0.3 is 0 Å². The van der Waals surface area contributed by atoms with Gasteiger partial charge in [0.25, 0.3) is 0 Å². The highest BCUT2D eigenvalue weighted by Gasteiger charge is 2.19. The minimum atomic E-state index is 0.463. The lowest BCUT2D eigenvalue weighted by atomic mass is 9.88. The van der Waals surface area contributed by atoms with Crippen molar-refractivity contribution in [3.8, 4) is 0 Å². The van der Waals surface area contributed by atoms with Crippen LogP contribution >= 0.6 is 9.24 Å². The summed E-state index contributed by atoms with van der Waals surface area (Å²) in [5.74, 6) is 0. The molecule has 2 unspecified atom stereocenters. The van der Waals surface area contributed by atoms with Gasteiger partial charge in [0.1, 0.15) is 0 Å². The largest absolute Gasteiger partial charge is 0.134 e. The van der Waals surface area contributed by atoms with Gasteiger partial charge in [-0.05, 0) is 17.5 Å². The number of hydrogen-bond acceptors (Lipinski definition) is 0. The maximum Gasteiger partial charge on any atom is -0.0215 e. The van der Waals surface area contributed by atoms with Crippen LogP contribution in [0, 0.1) is 5.41 Å². The molecule has 0 bridgehead atoms. The van der Waals surface area contributed by atoms with Crippen LogP contribution in [0.3, 0.4) is 0 Å². The molecule has 0 amide bonds. The van der Waals surface area contributed by atoms with Crippen molar-refractivity contribution in [3.05, 3.63) is 0 Å². The highest BCUT2D eigenvalue weighted by molar-refractivity contribution is 7.17. The molecule has 0 saturated heterocycles. The molecule has 0 aliphatic heterocycles. The Balaban J connectivity index is 3.19. The molecule has 1 heteroatoms. The average molecular weight is 258 g/mol. The second-order valence-corrected chi connectivity index (χ2v) is 7.39. The molecule has 0 aromatic heterocycles. The van der Waals surface area contributed by atoms with Crippen LogP contribution in [0.15, 0.2) is 0 Å². The molecule has 0 radical (unpaired) electrons. The van der Waals surface area contributed by atoms with E-state index in [1.54, 1.807) is 0 Å². The molecule has 0 N–H and O–H groups in total. The van der Waals surface area contributed by atoms with Crippen LogP contribution in [0.25, 0.3) is 0 Å². The molecule has 0 aromatic carbocycles. The predicted octanol–water partition coefficient (Wildman–Crippen LogP) is 6.20. The molecule has 0 rings (SSSR count). The molecular weight excluding hydrogens is 223 g/mol. The van der Waals surface area contributed by atoms with E-state index in [9.17, 15) is 0 Å². The van der Waals surface area contributed by atoms with E-state index in [-0.39, 0.29) is 0 Å². The van der Waals surface area contributed by atoms with Crippen LogP contribution in [-0.4, -0.2) is 5.66 Å². The lowest BCUT2D eigenvalue weighted by Crippen LogP contribution is -2.19. The molecular formula is C16H35P. The molecule has 0 aromatic rings. The first-order chi connectivity index (χ1) is 7.98. The topological polar surface area (TPSA) is 0 Å². The van der Waals surface area contributed by atoms with Gasteiger partial charge in [-0.3, -0.25) is 0 Å². The second kappa shape index (κ2) is 10.4. The molecule has 104 valence electrons. The van der Waals surface area contributed by atoms with Gasteiger partial charge in [0.2, 0.25) is 0 Å². The molecule has 17 heavy (non-hydrogen) atoms. The Kier molecular flexibility index (Phi) is 10.6. The minimum Gasteiger partial charge on any atom is -0.134 e. The van der Waals surface area contributed by atoms with Crippen molar-refractivity contribution in [1.29, 1.82) is 0 Å². The third-order valence-corrected chi connectivity index (χ3v) is 5.06. The van der Waals surface area contributed by atoms with Crippen LogP contribution in [0.1, 0.15) is 91.9 Å². The average Bonchev–Trinajstić information content (AvgIpc) is 2.25. The van der Waals surface area contributed by atoms with Crippen molar-refractivity contribution in [3.63, 3.8) is 0 Å². The third-order valence-electron chi connectivity index (χ3n) is 3.73. The summed E-state index contributed by atoms with van der Waals surface area (Å²) in [6.07, 6.45) is 14.3. The summed E-state index contributed by atoms with van der Waals surface area (Å²) in [5.41, 5.74) is 1.25. The summed E-state index contributed by atoms with van der Waals surface area (Å²) in [6, 6.07) is 0. The number of hydrogen-bond donors (Lipinski definition) is 0. The zero-order valence-corrected chi connectivity index (χ0v) is 13.9. The first kappa shape index (κ1) is 17.4. The summed E-state index contributed by atoms with van der Waals surface area (Å²) in [6.45, 7) is 9.32. The van der Waals surface area contributed by atoms with Crippen LogP contribution in [0.2, 0.25) is 0 Å². The fourth-order valence-electron chi connectivity index (χ4n) is 2.11. The van der Waals surface area contributed by atoms with E-state index in [2.05, 4.69) is 36.9 Å². The molecule has 0 nitrogen and oxygen atoms in total. The molecule has 0 aliphatic rings. The van der Waals surface area contributed by atoms with E-state index in [4.69, 9.17) is 0 Å². The van der Waals surface area contributed by atoms with Crippen molar-refractivity contribution in [2.24, 2.45) is 5.41 Å². The van der Waals surface area contributed by atoms with Crippen LogP contribution in [0.4, 0.5) is 0 Å². The lowest BCUT2D eigenvalue weighted by molar-refractivity contribution is 0.370. The van der Waals surface area contributed by atoms with Gasteiger partial charge in [0, 0.05) is 0 Å². The Morgan fingerprint density at radius 2 is 1.18 bits per heavy atom. The van der Waals surface area contributed by atoms with Gasteiger partial charge in [-0.1, -0.05) is 85.5 Å². The third kappa shape index (κ3) is 11.3. The highest BCUT2D eigenvalue weighted by atomic mass is 31.0. The summed E-state index contributed by atoms with van der Waals surface area (Å²) in [4.78, 5) is 0. The van der Waals surface area contributed by atoms with Gasteiger partial charge in [-0.15, -0.1) is 9.24 Å². The highest BCUT2D eigenvalue weighted by Crippen LogP contribution is 2.30. The van der Waals surface area contributed by atoms with Crippen molar-refractivity contribution < 1.29 is 0 Å². The summed E-state index contributed by atoms with van der Waals surface area (Å²) < 4.78 is 0. The smallest absolute Gasteiger partial charge is 0.0215 e. The fourth-order valence-corrected chi connectivity index (χ4v) is 2.34. The minimum absolute atomic E-state index is 0.463. The Morgan fingerprint density at radius 3 is 1.59 bits per heavy atom. The van der Waals surface area contributed by atoms with E-state index >= 15 is 0 Å². The van der Waals surface area contributed by atoms with Crippen LogP contribution in [-0.2, 0) is 0 Å². The van der Waals surface area contributed by atoms with Crippen LogP contribution in [0.5, 0.6) is 0 Å². The first-order valence-corrected chi connectivity index (χ1v) is 8.40. The van der Waals surface area contributed by atoms with Crippen LogP contribution < -0.4 is 0 Å². The van der Waals surface area contributed by atoms with Gasteiger partial charge in [0.05, 0.1) is 0 Å². The second-order valence-electron chi connectivity index (χ2n) is 6.59. The zero-order valence-electron chi connectivity index (χ0n) is 12.7. The predicted molar refractivity (Wildman–Crippen MR) is 84.8 cm³/mol. The van der Waals surface area contributed by atoms with Crippen molar-refractivity contribution in [2.75, 3.05) is 0 Å². The van der Waals surface area contributed by atoms with Crippen molar-refractivity contribution >= 4 is 9.24 Å². The molecule has 0 fully saturated rings. The first-order valence-electron chi connectivity index (χ1n) is 7.74. The Hall–Kier alpha value is 0.430. The van der Waals surface area contributed by atoms with Gasteiger partial charge in [0.15, 0.2) is 0 Å². The maximum absolute atomic E-state index is 3.03. The van der Waals surface area contributed by atoms with E-state index in [0.29, 0.717) is 5.41 Å². The molecule has 0 saturated carbocycles. The van der Waals surface area contributed by atoms with Crippen molar-refractivity contribution in [1.82, 2.24) is 0 Å². The monoisotopic (exact) mass is 258 g/mol. The van der Waals surface area contributed by atoms with E-state index in [0.717, 1.165) is 5.66 Å². The standard InChI is InChI=1S/C16H35P/c1-5-6-7-8-9-10-11-12-13-14-15(17)16(2,3)4/h15H,5-14,17H2,1-4H3. The van der Waals surface area contributed by atoms with E-state index in [1.807, 2.05) is 0 Å². The Morgan fingerprint density at radius 1 is 0.765 bits per heavy atom. The molecule has 0 spiro atoms. The molecule has 0 heterocycles. The van der Waals surface area contributed by atoms with Crippen molar-refractivity contribution in [2.45, 2.75) is 97.6 Å². The number of unbranched alkanes of at least 4 members (excludes halogenated alkanes) is 8. The Labute approximate surface area is 113 Å². The molecule has 0 aliphatic carbocycles. The Bertz CT molecular complexity index is 157. The maximum atomic E-state index is 3.03.